The Balaban J connectivity index is 1.71. The Labute approximate surface area is 161 Å². The second-order valence-corrected chi connectivity index (χ2v) is 6.81. The maximum Gasteiger partial charge on any atom is 0.290 e. The highest BCUT2D eigenvalue weighted by Crippen LogP contribution is 2.20. The summed E-state index contributed by atoms with van der Waals surface area (Å²) in [5.74, 6) is 0.541. The molecular formula is C22H20N2O4. The molecule has 3 heterocycles. The van der Waals surface area contributed by atoms with Crippen LogP contribution in [-0.4, -0.2) is 15.8 Å². The highest BCUT2D eigenvalue weighted by molar-refractivity contribution is 5.91. The number of hydrogen-bond acceptors (Lipinski definition) is 4. The van der Waals surface area contributed by atoms with Gasteiger partial charge in [0.15, 0.2) is 5.76 Å². The summed E-state index contributed by atoms with van der Waals surface area (Å²) in [4.78, 5) is 30.1. The van der Waals surface area contributed by atoms with Crippen molar-refractivity contribution in [1.82, 2.24) is 9.88 Å². The minimum absolute atomic E-state index is 0.137. The Bertz CT molecular complexity index is 1170. The van der Waals surface area contributed by atoms with Gasteiger partial charge in [0.2, 0.25) is 0 Å². The molecule has 142 valence electrons. The van der Waals surface area contributed by atoms with E-state index >= 15 is 0 Å². The van der Waals surface area contributed by atoms with Crippen molar-refractivity contribution in [2.24, 2.45) is 0 Å². The summed E-state index contributed by atoms with van der Waals surface area (Å²) in [6.07, 6.45) is 3.01. The first-order chi connectivity index (χ1) is 13.5. The highest BCUT2D eigenvalue weighted by Gasteiger charge is 2.21. The average molecular weight is 376 g/mol. The Kier molecular flexibility index (Phi) is 4.61. The lowest BCUT2D eigenvalue weighted by Crippen LogP contribution is -2.32. The van der Waals surface area contributed by atoms with Gasteiger partial charge in [-0.15, -0.1) is 0 Å². The zero-order valence-corrected chi connectivity index (χ0v) is 15.7. The maximum absolute atomic E-state index is 12.9. The molecule has 0 fully saturated rings. The number of carbonyl (C=O) groups excluding carboxylic acids is 1. The summed E-state index contributed by atoms with van der Waals surface area (Å²) in [7, 11) is 0. The smallest absolute Gasteiger partial charge is 0.290 e. The fraction of sp³-hybridized carbons (Fsp3) is 0.182. The van der Waals surface area contributed by atoms with Gasteiger partial charge in [-0.25, -0.2) is 0 Å². The molecule has 4 rings (SSSR count). The van der Waals surface area contributed by atoms with Gasteiger partial charge in [-0.1, -0.05) is 12.1 Å². The molecule has 28 heavy (non-hydrogen) atoms. The van der Waals surface area contributed by atoms with Gasteiger partial charge in [-0.2, -0.15) is 0 Å². The van der Waals surface area contributed by atoms with Crippen LogP contribution in [0.25, 0.3) is 10.9 Å². The Morgan fingerprint density at radius 1 is 1.04 bits per heavy atom. The highest BCUT2D eigenvalue weighted by atomic mass is 16.3. The molecule has 0 unspecified atom stereocenters. The van der Waals surface area contributed by atoms with Gasteiger partial charge in [0.1, 0.15) is 5.76 Å². The van der Waals surface area contributed by atoms with Gasteiger partial charge in [0.25, 0.3) is 11.5 Å². The van der Waals surface area contributed by atoms with E-state index in [-0.39, 0.29) is 30.3 Å². The molecule has 0 spiro atoms. The first-order valence-electron chi connectivity index (χ1n) is 9.00. The minimum Gasteiger partial charge on any atom is -0.467 e. The molecule has 1 N–H and O–H groups in total. The molecule has 3 aromatic heterocycles. The van der Waals surface area contributed by atoms with E-state index in [1.54, 1.807) is 30.5 Å². The normalized spacial score (nSPS) is 11.1. The average Bonchev–Trinajstić information content (AvgIpc) is 3.39. The third kappa shape index (κ3) is 3.36. The number of amides is 1. The van der Waals surface area contributed by atoms with E-state index in [1.165, 1.54) is 11.2 Å². The zero-order chi connectivity index (χ0) is 19.7. The standard InChI is InChI=1S/C22H20N2O4/c1-14-7-8-16-11-17(21(25)23-20(16)15(14)2)12-24(13-18-5-3-9-27-18)22(26)19-6-4-10-28-19/h3-11H,12-13H2,1-2H3,(H,23,25). The van der Waals surface area contributed by atoms with Crippen LogP contribution in [0.15, 0.2) is 68.6 Å². The predicted octanol–water partition coefficient (Wildman–Crippen LogP) is 4.17. The number of aromatic amines is 1. The number of nitrogens with one attached hydrogen (secondary N) is 1. The molecule has 0 bridgehead atoms. The number of carbonyl (C=O) groups is 1. The van der Waals surface area contributed by atoms with Crippen molar-refractivity contribution in [2.75, 3.05) is 0 Å². The molecule has 0 saturated carbocycles. The summed E-state index contributed by atoms with van der Waals surface area (Å²) in [5, 5.41) is 0.932. The first kappa shape index (κ1) is 17.9. The fourth-order valence-corrected chi connectivity index (χ4v) is 3.24. The third-order valence-electron chi connectivity index (χ3n) is 4.94. The van der Waals surface area contributed by atoms with Crippen LogP contribution in [0.2, 0.25) is 0 Å². The van der Waals surface area contributed by atoms with E-state index < -0.39 is 0 Å². The summed E-state index contributed by atoms with van der Waals surface area (Å²) < 4.78 is 10.6. The number of aryl methyl sites for hydroxylation is 2. The van der Waals surface area contributed by atoms with Crippen LogP contribution >= 0.6 is 0 Å². The number of fused-ring (bicyclic) bond motifs is 1. The van der Waals surface area contributed by atoms with Gasteiger partial charge in [0.05, 0.1) is 31.1 Å². The molecule has 0 atom stereocenters. The van der Waals surface area contributed by atoms with Crippen LogP contribution in [0.5, 0.6) is 0 Å². The predicted molar refractivity (Wildman–Crippen MR) is 105 cm³/mol. The second kappa shape index (κ2) is 7.23. The van der Waals surface area contributed by atoms with Crippen LogP contribution in [0.3, 0.4) is 0 Å². The van der Waals surface area contributed by atoms with Crippen molar-refractivity contribution >= 4 is 16.8 Å². The van der Waals surface area contributed by atoms with Crippen LogP contribution in [0.1, 0.15) is 33.0 Å². The van der Waals surface area contributed by atoms with Crippen LogP contribution < -0.4 is 5.56 Å². The Hall–Kier alpha value is -3.54. The van der Waals surface area contributed by atoms with Gasteiger partial charge in [0, 0.05) is 5.56 Å². The molecule has 6 heteroatoms. The molecule has 0 aliphatic carbocycles. The van der Waals surface area contributed by atoms with E-state index in [4.69, 9.17) is 8.83 Å². The number of hydrogen-bond donors (Lipinski definition) is 1. The van der Waals surface area contributed by atoms with E-state index in [1.807, 2.05) is 32.0 Å². The molecule has 0 aliphatic rings. The van der Waals surface area contributed by atoms with Gasteiger partial charge in [-0.05, 0) is 60.7 Å². The minimum atomic E-state index is -0.305. The number of pyridine rings is 1. The topological polar surface area (TPSA) is 79.5 Å². The van der Waals surface area contributed by atoms with E-state index in [2.05, 4.69) is 4.98 Å². The summed E-state index contributed by atoms with van der Waals surface area (Å²) >= 11 is 0. The largest absolute Gasteiger partial charge is 0.467 e. The first-order valence-corrected chi connectivity index (χ1v) is 9.00. The molecular weight excluding hydrogens is 356 g/mol. The lowest BCUT2D eigenvalue weighted by atomic mass is 10.0. The van der Waals surface area contributed by atoms with Crippen molar-refractivity contribution in [3.8, 4) is 0 Å². The number of nitrogens with zero attached hydrogens (tertiary/aromatic N) is 1. The van der Waals surface area contributed by atoms with E-state index in [9.17, 15) is 9.59 Å². The summed E-state index contributed by atoms with van der Waals surface area (Å²) in [6, 6.07) is 12.7. The lowest BCUT2D eigenvalue weighted by molar-refractivity contribution is 0.0684. The van der Waals surface area contributed by atoms with Crippen molar-refractivity contribution in [3.63, 3.8) is 0 Å². The molecule has 1 aromatic carbocycles. The molecule has 0 saturated heterocycles. The number of benzene rings is 1. The third-order valence-corrected chi connectivity index (χ3v) is 4.94. The van der Waals surface area contributed by atoms with Gasteiger partial charge >= 0.3 is 0 Å². The van der Waals surface area contributed by atoms with Gasteiger partial charge < -0.3 is 18.7 Å². The van der Waals surface area contributed by atoms with Crippen molar-refractivity contribution in [2.45, 2.75) is 26.9 Å². The summed E-state index contributed by atoms with van der Waals surface area (Å²) in [6.45, 7) is 4.36. The van der Waals surface area contributed by atoms with Crippen molar-refractivity contribution in [1.29, 1.82) is 0 Å². The molecule has 6 nitrogen and oxygen atoms in total. The molecule has 4 aromatic rings. The van der Waals surface area contributed by atoms with Crippen LogP contribution in [0, 0.1) is 13.8 Å². The molecule has 0 aliphatic heterocycles. The molecule has 0 radical (unpaired) electrons. The van der Waals surface area contributed by atoms with Crippen LogP contribution in [-0.2, 0) is 13.1 Å². The van der Waals surface area contributed by atoms with E-state index in [0.717, 1.165) is 22.0 Å². The maximum atomic E-state index is 12.9. The fourth-order valence-electron chi connectivity index (χ4n) is 3.24. The number of aromatic nitrogens is 1. The SMILES string of the molecule is Cc1ccc2cc(CN(Cc3ccco3)C(=O)c3ccco3)c(=O)[nH]c2c1C. The second-order valence-electron chi connectivity index (χ2n) is 6.81. The quantitative estimate of drug-likeness (QED) is 0.567. The van der Waals surface area contributed by atoms with Gasteiger partial charge in [-0.3, -0.25) is 9.59 Å². The Morgan fingerprint density at radius 2 is 1.82 bits per heavy atom. The zero-order valence-electron chi connectivity index (χ0n) is 15.7. The number of H-pyrrole nitrogens is 1. The van der Waals surface area contributed by atoms with Crippen molar-refractivity contribution in [3.05, 3.63) is 93.6 Å². The summed E-state index contributed by atoms with van der Waals surface area (Å²) in [5.41, 5.74) is 3.27. The van der Waals surface area contributed by atoms with E-state index in [0.29, 0.717) is 11.3 Å². The monoisotopic (exact) mass is 376 g/mol. The van der Waals surface area contributed by atoms with Crippen LogP contribution in [0.4, 0.5) is 0 Å². The number of rotatable bonds is 5. The lowest BCUT2D eigenvalue weighted by Gasteiger charge is -2.20. The van der Waals surface area contributed by atoms with Crippen molar-refractivity contribution < 1.29 is 13.6 Å². The number of furan rings is 2. The Morgan fingerprint density at radius 3 is 2.54 bits per heavy atom. The molecule has 1 amide bonds.